The number of amides is 2. The highest BCUT2D eigenvalue weighted by Crippen LogP contribution is 2.53. The first-order chi connectivity index (χ1) is 16.8. The van der Waals surface area contributed by atoms with Crippen molar-refractivity contribution in [3.8, 4) is 0 Å². The lowest BCUT2D eigenvalue weighted by Crippen LogP contribution is -2.51. The largest absolute Gasteiger partial charge is 0.467 e. The van der Waals surface area contributed by atoms with Gasteiger partial charge < -0.3 is 29.3 Å². The Morgan fingerprint density at radius 1 is 1.14 bits per heavy atom. The minimum absolute atomic E-state index is 0.114. The summed E-state index contributed by atoms with van der Waals surface area (Å²) in [4.78, 5) is 43.8. The van der Waals surface area contributed by atoms with Gasteiger partial charge in [0.05, 0.1) is 13.2 Å². The molecule has 9 nitrogen and oxygen atoms in total. The van der Waals surface area contributed by atoms with Gasteiger partial charge in [-0.15, -0.1) is 0 Å². The zero-order valence-corrected chi connectivity index (χ0v) is 20.7. The molecule has 1 aromatic rings. The number of nitrogens with zero attached hydrogens (tertiary/aromatic N) is 3. The first-order valence-electron chi connectivity index (χ1n) is 12.6. The molecule has 1 aromatic carbocycles. The Morgan fingerprint density at radius 2 is 1.89 bits per heavy atom. The first kappa shape index (κ1) is 25.4. The molecule has 2 amide bonds. The summed E-state index contributed by atoms with van der Waals surface area (Å²) in [5, 5.41) is 10.5. The number of benzene rings is 1. The van der Waals surface area contributed by atoms with Crippen molar-refractivity contribution in [2.24, 2.45) is 5.41 Å². The smallest absolute Gasteiger partial charge is 0.410 e. The summed E-state index contributed by atoms with van der Waals surface area (Å²) in [6.45, 7) is 4.56. The van der Waals surface area contributed by atoms with E-state index in [2.05, 4.69) is 4.90 Å². The third-order valence-electron chi connectivity index (χ3n) is 7.84. The van der Waals surface area contributed by atoms with Gasteiger partial charge in [0, 0.05) is 38.6 Å². The van der Waals surface area contributed by atoms with Crippen LogP contribution in [-0.2, 0) is 25.7 Å². The van der Waals surface area contributed by atoms with E-state index in [1.54, 1.807) is 9.80 Å². The highest BCUT2D eigenvalue weighted by atomic mass is 16.6. The number of aliphatic hydroxyl groups is 1. The molecular formula is C26H37N3O6. The SMILES string of the molecule is COC(=O)[C@H](CCN1CCC2(CC2)C(O)C1)N1CC(C)N(C(=O)OCc2ccccc2)CCC1=O. The van der Waals surface area contributed by atoms with Gasteiger partial charge >= 0.3 is 12.1 Å². The van der Waals surface area contributed by atoms with Crippen LogP contribution in [0.4, 0.5) is 4.79 Å². The number of piperidine rings is 1. The van der Waals surface area contributed by atoms with E-state index >= 15 is 0 Å². The topological polar surface area (TPSA) is 99.6 Å². The number of hydrogen-bond acceptors (Lipinski definition) is 7. The second-order valence-corrected chi connectivity index (χ2v) is 10.1. The summed E-state index contributed by atoms with van der Waals surface area (Å²) in [6.07, 6.45) is 2.89. The Labute approximate surface area is 206 Å². The Morgan fingerprint density at radius 3 is 2.54 bits per heavy atom. The van der Waals surface area contributed by atoms with Crippen molar-refractivity contribution in [2.45, 2.75) is 63.8 Å². The van der Waals surface area contributed by atoms with Crippen LogP contribution in [0.3, 0.4) is 0 Å². The van der Waals surface area contributed by atoms with E-state index in [0.717, 1.165) is 31.4 Å². The summed E-state index contributed by atoms with van der Waals surface area (Å²) < 4.78 is 10.5. The van der Waals surface area contributed by atoms with Gasteiger partial charge in [0.1, 0.15) is 12.6 Å². The lowest BCUT2D eigenvalue weighted by atomic mass is 9.90. The van der Waals surface area contributed by atoms with Crippen molar-refractivity contribution < 1.29 is 29.0 Å². The van der Waals surface area contributed by atoms with E-state index in [0.29, 0.717) is 19.5 Å². The summed E-state index contributed by atoms with van der Waals surface area (Å²) in [5.74, 6) is -0.636. The van der Waals surface area contributed by atoms with E-state index in [4.69, 9.17) is 9.47 Å². The summed E-state index contributed by atoms with van der Waals surface area (Å²) in [6, 6.07) is 8.39. The standard InChI is InChI=1S/C26H37N3O6/c1-19-16-29(23(31)9-14-28(19)25(33)35-18-20-6-4-3-5-7-20)21(24(32)34-2)8-13-27-15-12-26(10-11-26)22(30)17-27/h3-7,19,21-22,30H,8-18H2,1-2H3/t19?,21-,22?/m0/s1. The van der Waals surface area contributed by atoms with Crippen LogP contribution in [0.25, 0.3) is 0 Å². The minimum Gasteiger partial charge on any atom is -0.467 e. The van der Waals surface area contributed by atoms with Crippen LogP contribution in [0.2, 0.25) is 0 Å². The van der Waals surface area contributed by atoms with E-state index in [9.17, 15) is 19.5 Å². The molecule has 1 spiro atoms. The fraction of sp³-hybridized carbons (Fsp3) is 0.654. The first-order valence-corrected chi connectivity index (χ1v) is 12.6. The van der Waals surface area contributed by atoms with Gasteiger partial charge in [0.25, 0.3) is 0 Å². The van der Waals surface area contributed by atoms with Crippen LogP contribution in [0.1, 0.15) is 44.6 Å². The molecule has 3 fully saturated rings. The number of methoxy groups -OCH3 is 1. The molecule has 9 heteroatoms. The van der Waals surface area contributed by atoms with Crippen molar-refractivity contribution in [2.75, 3.05) is 39.8 Å². The van der Waals surface area contributed by atoms with Crippen molar-refractivity contribution in [1.29, 1.82) is 0 Å². The van der Waals surface area contributed by atoms with Gasteiger partial charge in [-0.3, -0.25) is 4.79 Å². The number of carbonyl (C=O) groups is 3. The second kappa shape index (κ2) is 11.0. The zero-order chi connectivity index (χ0) is 25.0. The maximum Gasteiger partial charge on any atom is 0.410 e. The molecule has 2 aliphatic heterocycles. The highest BCUT2D eigenvalue weighted by Gasteiger charge is 2.51. The second-order valence-electron chi connectivity index (χ2n) is 10.1. The van der Waals surface area contributed by atoms with Crippen LogP contribution in [0.5, 0.6) is 0 Å². The van der Waals surface area contributed by atoms with Crippen LogP contribution in [-0.4, -0.2) is 95.8 Å². The van der Waals surface area contributed by atoms with E-state index in [1.165, 1.54) is 7.11 Å². The Hall–Kier alpha value is -2.65. The van der Waals surface area contributed by atoms with E-state index in [-0.39, 0.29) is 49.6 Å². The zero-order valence-electron chi connectivity index (χ0n) is 20.7. The number of esters is 1. The van der Waals surface area contributed by atoms with Crippen LogP contribution < -0.4 is 0 Å². The molecule has 2 unspecified atom stereocenters. The third-order valence-corrected chi connectivity index (χ3v) is 7.84. The maximum atomic E-state index is 13.1. The molecule has 4 rings (SSSR count). The Kier molecular flexibility index (Phi) is 7.96. The van der Waals surface area contributed by atoms with Crippen LogP contribution in [0.15, 0.2) is 30.3 Å². The molecule has 3 aliphatic rings. The normalized spacial score (nSPS) is 25.2. The van der Waals surface area contributed by atoms with Gasteiger partial charge in [-0.05, 0) is 50.1 Å². The van der Waals surface area contributed by atoms with Gasteiger partial charge in [0.2, 0.25) is 5.91 Å². The number of aliphatic hydroxyl groups excluding tert-OH is 1. The average Bonchev–Trinajstić information content (AvgIpc) is 3.66. The van der Waals surface area contributed by atoms with E-state index in [1.807, 2.05) is 37.3 Å². The number of carbonyl (C=O) groups excluding carboxylic acids is 3. The summed E-state index contributed by atoms with van der Waals surface area (Å²) >= 11 is 0. The monoisotopic (exact) mass is 487 g/mol. The van der Waals surface area contributed by atoms with Crippen molar-refractivity contribution >= 4 is 18.0 Å². The molecule has 1 aliphatic carbocycles. The predicted molar refractivity (Wildman–Crippen MR) is 128 cm³/mol. The lowest BCUT2D eigenvalue weighted by molar-refractivity contribution is -0.153. The highest BCUT2D eigenvalue weighted by molar-refractivity contribution is 5.85. The number of ether oxygens (including phenoxy) is 2. The molecule has 35 heavy (non-hydrogen) atoms. The van der Waals surface area contributed by atoms with Gasteiger partial charge in [-0.2, -0.15) is 0 Å². The molecule has 192 valence electrons. The Bertz CT molecular complexity index is 906. The van der Waals surface area contributed by atoms with Crippen LogP contribution >= 0.6 is 0 Å². The van der Waals surface area contributed by atoms with E-state index < -0.39 is 18.1 Å². The quantitative estimate of drug-likeness (QED) is 0.588. The van der Waals surface area contributed by atoms with Crippen molar-refractivity contribution in [3.63, 3.8) is 0 Å². The number of rotatable bonds is 7. The molecule has 0 bridgehead atoms. The maximum absolute atomic E-state index is 13.1. The minimum atomic E-state index is -0.732. The lowest BCUT2D eigenvalue weighted by Gasteiger charge is -2.38. The van der Waals surface area contributed by atoms with Gasteiger partial charge in [-0.1, -0.05) is 30.3 Å². The van der Waals surface area contributed by atoms with Crippen molar-refractivity contribution in [1.82, 2.24) is 14.7 Å². The predicted octanol–water partition coefficient (Wildman–Crippen LogP) is 2.02. The molecule has 0 aromatic heterocycles. The molecule has 1 N–H and O–H groups in total. The summed E-state index contributed by atoms with van der Waals surface area (Å²) in [5.41, 5.74) is 1.01. The average molecular weight is 488 g/mol. The third kappa shape index (κ3) is 5.95. The molecular weight excluding hydrogens is 450 g/mol. The van der Waals surface area contributed by atoms with Crippen molar-refractivity contribution in [3.05, 3.63) is 35.9 Å². The summed E-state index contributed by atoms with van der Waals surface area (Å²) in [7, 11) is 1.33. The van der Waals surface area contributed by atoms with Gasteiger partial charge in [-0.25, -0.2) is 9.59 Å². The number of likely N-dealkylation sites (tertiary alicyclic amines) is 1. The fourth-order valence-electron chi connectivity index (χ4n) is 5.31. The molecule has 2 saturated heterocycles. The number of hydrogen-bond donors (Lipinski definition) is 1. The van der Waals surface area contributed by atoms with Crippen LogP contribution in [0, 0.1) is 5.41 Å². The van der Waals surface area contributed by atoms with Gasteiger partial charge in [0.15, 0.2) is 0 Å². The Balaban J connectivity index is 1.36. The molecule has 3 atom stereocenters. The molecule has 0 radical (unpaired) electrons. The fourth-order valence-corrected chi connectivity index (χ4v) is 5.31. The molecule has 2 heterocycles. The molecule has 1 saturated carbocycles. The number of β-amino-alcohol motifs (C(OH)–C–C–N with tert-alkyl or cyclic N) is 1.